The zero-order valence-corrected chi connectivity index (χ0v) is 11.9. The van der Waals surface area contributed by atoms with Gasteiger partial charge in [0, 0.05) is 11.3 Å². The SMILES string of the molecule is COc1ncnc2c1nc(N)n2CC1(SC)CCC1. The summed E-state index contributed by atoms with van der Waals surface area (Å²) in [6, 6.07) is 0. The first-order chi connectivity index (χ1) is 9.19. The van der Waals surface area contributed by atoms with Crippen LogP contribution in [0.5, 0.6) is 5.88 Å². The maximum atomic E-state index is 6.04. The number of imidazole rings is 1. The number of thioether (sulfide) groups is 1. The van der Waals surface area contributed by atoms with Gasteiger partial charge in [0.05, 0.1) is 7.11 Å². The minimum Gasteiger partial charge on any atom is -0.479 e. The highest BCUT2D eigenvalue weighted by atomic mass is 32.2. The molecule has 0 aromatic carbocycles. The number of methoxy groups -OCH3 is 1. The van der Waals surface area contributed by atoms with Gasteiger partial charge in [0.25, 0.3) is 0 Å². The molecule has 1 saturated carbocycles. The monoisotopic (exact) mass is 279 g/mol. The van der Waals surface area contributed by atoms with Crippen molar-refractivity contribution < 1.29 is 4.74 Å². The van der Waals surface area contributed by atoms with Gasteiger partial charge >= 0.3 is 0 Å². The quantitative estimate of drug-likeness (QED) is 0.917. The van der Waals surface area contributed by atoms with Gasteiger partial charge in [-0.3, -0.25) is 4.57 Å². The molecule has 0 unspecified atom stereocenters. The van der Waals surface area contributed by atoms with Crippen LogP contribution in [0.2, 0.25) is 0 Å². The van der Waals surface area contributed by atoms with Gasteiger partial charge in [-0.05, 0) is 19.1 Å². The lowest BCUT2D eigenvalue weighted by atomic mass is 9.84. The Morgan fingerprint density at radius 2 is 2.26 bits per heavy atom. The van der Waals surface area contributed by atoms with E-state index in [1.54, 1.807) is 7.11 Å². The van der Waals surface area contributed by atoms with E-state index < -0.39 is 0 Å². The van der Waals surface area contributed by atoms with Crippen molar-refractivity contribution >= 4 is 28.9 Å². The van der Waals surface area contributed by atoms with Gasteiger partial charge in [0.2, 0.25) is 11.8 Å². The Bertz CT molecular complexity index is 602. The van der Waals surface area contributed by atoms with Crippen LogP contribution in [0.4, 0.5) is 5.95 Å². The first kappa shape index (κ1) is 12.5. The van der Waals surface area contributed by atoms with Crippen molar-refractivity contribution in [2.45, 2.75) is 30.6 Å². The summed E-state index contributed by atoms with van der Waals surface area (Å²) in [5.74, 6) is 0.955. The maximum absolute atomic E-state index is 6.04. The zero-order chi connectivity index (χ0) is 13.5. The van der Waals surface area contributed by atoms with E-state index in [9.17, 15) is 0 Å². The highest BCUT2D eigenvalue weighted by Gasteiger charge is 2.37. The molecule has 2 N–H and O–H groups in total. The predicted octanol–water partition coefficient (Wildman–Crippen LogP) is 1.70. The molecule has 19 heavy (non-hydrogen) atoms. The standard InChI is InChI=1S/C12H17N5OS/c1-18-10-8-9(14-7-15-10)17(11(13)16-8)6-12(19-2)4-3-5-12/h7H,3-6H2,1-2H3,(H2,13,16). The number of aromatic nitrogens is 4. The third-order valence-electron chi connectivity index (χ3n) is 3.87. The van der Waals surface area contributed by atoms with Crippen LogP contribution in [0.25, 0.3) is 11.2 Å². The zero-order valence-electron chi connectivity index (χ0n) is 11.1. The maximum Gasteiger partial charge on any atom is 0.245 e. The molecule has 7 heteroatoms. The minimum atomic E-state index is 0.278. The summed E-state index contributed by atoms with van der Waals surface area (Å²) in [7, 11) is 1.58. The summed E-state index contributed by atoms with van der Waals surface area (Å²) in [5, 5.41) is 0. The fraction of sp³-hybridized carbons (Fsp3) is 0.583. The molecule has 2 aromatic rings. The predicted molar refractivity (Wildman–Crippen MR) is 76.4 cm³/mol. The first-order valence-electron chi connectivity index (χ1n) is 6.25. The van der Waals surface area contributed by atoms with E-state index in [2.05, 4.69) is 21.2 Å². The van der Waals surface area contributed by atoms with E-state index in [-0.39, 0.29) is 4.75 Å². The molecule has 0 amide bonds. The molecule has 0 bridgehead atoms. The van der Waals surface area contributed by atoms with E-state index in [4.69, 9.17) is 10.5 Å². The second-order valence-corrected chi connectivity index (χ2v) is 6.13. The van der Waals surface area contributed by atoms with Gasteiger partial charge < -0.3 is 10.5 Å². The Hall–Kier alpha value is -1.50. The van der Waals surface area contributed by atoms with Gasteiger partial charge in [0.15, 0.2) is 11.2 Å². The lowest BCUT2D eigenvalue weighted by molar-refractivity contribution is 0.325. The number of nitrogens with zero attached hydrogens (tertiary/aromatic N) is 4. The van der Waals surface area contributed by atoms with Crippen LogP contribution < -0.4 is 10.5 Å². The van der Waals surface area contributed by atoms with Crippen molar-refractivity contribution in [2.24, 2.45) is 0 Å². The third kappa shape index (κ3) is 1.92. The number of anilines is 1. The van der Waals surface area contributed by atoms with E-state index in [1.807, 2.05) is 16.3 Å². The van der Waals surface area contributed by atoms with Crippen LogP contribution in [-0.4, -0.2) is 37.6 Å². The van der Waals surface area contributed by atoms with E-state index >= 15 is 0 Å². The smallest absolute Gasteiger partial charge is 0.245 e. The number of ether oxygens (including phenoxy) is 1. The summed E-state index contributed by atoms with van der Waals surface area (Å²) in [5.41, 5.74) is 7.43. The summed E-state index contributed by atoms with van der Waals surface area (Å²) in [4.78, 5) is 12.7. The highest BCUT2D eigenvalue weighted by molar-refractivity contribution is 8.00. The van der Waals surface area contributed by atoms with E-state index in [0.29, 0.717) is 17.3 Å². The second kappa shape index (κ2) is 4.56. The fourth-order valence-corrected chi connectivity index (χ4v) is 3.48. The number of hydrogen-bond donors (Lipinski definition) is 1. The molecule has 0 radical (unpaired) electrons. The average Bonchev–Trinajstić information content (AvgIpc) is 2.69. The molecule has 1 aliphatic carbocycles. The molecule has 102 valence electrons. The molecule has 2 heterocycles. The summed E-state index contributed by atoms with van der Waals surface area (Å²) >= 11 is 1.91. The number of fused-ring (bicyclic) bond motifs is 1. The Balaban J connectivity index is 2.06. The summed E-state index contributed by atoms with van der Waals surface area (Å²) in [6.07, 6.45) is 7.37. The lowest BCUT2D eigenvalue weighted by Crippen LogP contribution is -2.38. The second-order valence-electron chi connectivity index (χ2n) is 4.85. The van der Waals surface area contributed by atoms with Crippen molar-refractivity contribution in [3.63, 3.8) is 0 Å². The van der Waals surface area contributed by atoms with Crippen molar-refractivity contribution in [1.82, 2.24) is 19.5 Å². The Morgan fingerprint density at radius 3 is 2.84 bits per heavy atom. The van der Waals surface area contributed by atoms with Gasteiger partial charge in [-0.1, -0.05) is 6.42 Å². The van der Waals surface area contributed by atoms with Gasteiger partial charge in [-0.25, -0.2) is 9.97 Å². The largest absolute Gasteiger partial charge is 0.479 e. The van der Waals surface area contributed by atoms with Crippen LogP contribution in [0, 0.1) is 0 Å². The number of nitrogen functional groups attached to an aromatic ring is 1. The van der Waals surface area contributed by atoms with Gasteiger partial charge in [-0.15, -0.1) is 0 Å². The number of nitrogens with two attached hydrogens (primary N) is 1. The van der Waals surface area contributed by atoms with Crippen LogP contribution in [0.3, 0.4) is 0 Å². The van der Waals surface area contributed by atoms with Crippen LogP contribution in [0.15, 0.2) is 6.33 Å². The molecule has 0 atom stereocenters. The Labute approximate surface area is 115 Å². The van der Waals surface area contributed by atoms with Crippen LogP contribution in [-0.2, 0) is 6.54 Å². The third-order valence-corrected chi connectivity index (χ3v) is 5.27. The normalized spacial score (nSPS) is 17.4. The number of rotatable bonds is 4. The van der Waals surface area contributed by atoms with Crippen molar-refractivity contribution in [3.8, 4) is 5.88 Å². The molecule has 1 fully saturated rings. The van der Waals surface area contributed by atoms with Crippen LogP contribution >= 0.6 is 11.8 Å². The summed E-state index contributed by atoms with van der Waals surface area (Å²) < 4.78 is 7.46. The minimum absolute atomic E-state index is 0.278. The molecule has 2 aromatic heterocycles. The van der Waals surface area contributed by atoms with Crippen LogP contribution in [0.1, 0.15) is 19.3 Å². The molecule has 0 saturated heterocycles. The lowest BCUT2D eigenvalue weighted by Gasteiger charge is -2.40. The average molecular weight is 279 g/mol. The van der Waals surface area contributed by atoms with Crippen molar-refractivity contribution in [1.29, 1.82) is 0 Å². The van der Waals surface area contributed by atoms with Crippen molar-refractivity contribution in [3.05, 3.63) is 6.33 Å². The first-order valence-corrected chi connectivity index (χ1v) is 7.47. The van der Waals surface area contributed by atoms with Gasteiger partial charge in [-0.2, -0.15) is 16.7 Å². The Kier molecular flexibility index (Phi) is 3.00. The highest BCUT2D eigenvalue weighted by Crippen LogP contribution is 2.45. The Morgan fingerprint density at radius 1 is 1.47 bits per heavy atom. The van der Waals surface area contributed by atoms with E-state index in [1.165, 1.54) is 25.6 Å². The van der Waals surface area contributed by atoms with Crippen molar-refractivity contribution in [2.75, 3.05) is 19.1 Å². The topological polar surface area (TPSA) is 78.8 Å². The molecule has 6 nitrogen and oxygen atoms in total. The molecule has 3 rings (SSSR count). The molecule has 1 aliphatic rings. The number of hydrogen-bond acceptors (Lipinski definition) is 6. The molecule has 0 spiro atoms. The fourth-order valence-electron chi connectivity index (χ4n) is 2.52. The van der Waals surface area contributed by atoms with E-state index in [0.717, 1.165) is 12.2 Å². The molecular formula is C12H17N5OS. The molecular weight excluding hydrogens is 262 g/mol. The molecule has 0 aliphatic heterocycles. The summed E-state index contributed by atoms with van der Waals surface area (Å²) in [6.45, 7) is 0.844. The van der Waals surface area contributed by atoms with Gasteiger partial charge in [0.1, 0.15) is 6.33 Å².